The molecule has 3 nitrogen and oxygen atoms in total. The quantitative estimate of drug-likeness (QED) is 0.814. The fourth-order valence-electron chi connectivity index (χ4n) is 2.84. The second-order valence-electron chi connectivity index (χ2n) is 5.00. The van der Waals surface area contributed by atoms with Gasteiger partial charge in [0.05, 0.1) is 18.6 Å². The molecule has 1 fully saturated rings. The Balaban J connectivity index is 2.09. The van der Waals surface area contributed by atoms with Crippen molar-refractivity contribution in [1.29, 1.82) is 5.26 Å². The van der Waals surface area contributed by atoms with E-state index in [1.165, 1.54) is 5.56 Å². The molecule has 0 spiro atoms. The molecule has 0 saturated carbocycles. The third-order valence-electron chi connectivity index (χ3n) is 3.72. The van der Waals surface area contributed by atoms with Crippen LogP contribution in [0.2, 0.25) is 0 Å². The van der Waals surface area contributed by atoms with Crippen LogP contribution in [0.25, 0.3) is 0 Å². The van der Waals surface area contributed by atoms with Crippen LogP contribution in [-0.4, -0.2) is 30.7 Å². The van der Waals surface area contributed by atoms with E-state index in [0.717, 1.165) is 32.5 Å². The average Bonchev–Trinajstić information content (AvgIpc) is 2.46. The van der Waals surface area contributed by atoms with Gasteiger partial charge in [0.1, 0.15) is 0 Å². The van der Waals surface area contributed by atoms with Gasteiger partial charge < -0.3 is 4.74 Å². The van der Waals surface area contributed by atoms with Crippen LogP contribution in [0.5, 0.6) is 0 Å². The zero-order valence-electron chi connectivity index (χ0n) is 11.6. The van der Waals surface area contributed by atoms with Crippen molar-refractivity contribution in [3.63, 3.8) is 0 Å². The summed E-state index contributed by atoms with van der Waals surface area (Å²) in [6, 6.07) is 12.9. The number of ether oxygens (including phenoxy) is 1. The number of rotatable bonds is 5. The topological polar surface area (TPSA) is 36.3 Å². The number of nitriles is 1. The van der Waals surface area contributed by atoms with Gasteiger partial charge >= 0.3 is 0 Å². The summed E-state index contributed by atoms with van der Waals surface area (Å²) in [7, 11) is 0. The molecule has 0 aliphatic carbocycles. The van der Waals surface area contributed by atoms with Crippen molar-refractivity contribution >= 4 is 0 Å². The highest BCUT2D eigenvalue weighted by Gasteiger charge is 2.26. The first-order valence-electron chi connectivity index (χ1n) is 7.12. The molecule has 19 heavy (non-hydrogen) atoms. The number of hydrogen-bond donors (Lipinski definition) is 0. The summed E-state index contributed by atoms with van der Waals surface area (Å²) < 4.78 is 5.75. The van der Waals surface area contributed by atoms with Crippen molar-refractivity contribution in [3.05, 3.63) is 35.9 Å². The Kier molecular flexibility index (Phi) is 5.38. The summed E-state index contributed by atoms with van der Waals surface area (Å²) >= 11 is 0. The van der Waals surface area contributed by atoms with Crippen molar-refractivity contribution in [2.24, 2.45) is 0 Å². The molecule has 0 aromatic heterocycles. The van der Waals surface area contributed by atoms with Crippen LogP contribution in [0.3, 0.4) is 0 Å². The van der Waals surface area contributed by atoms with Crippen molar-refractivity contribution in [1.82, 2.24) is 4.90 Å². The lowest BCUT2D eigenvalue weighted by Crippen LogP contribution is -2.41. The third-order valence-corrected chi connectivity index (χ3v) is 3.72. The fraction of sp³-hybridized carbons (Fsp3) is 0.562. The summed E-state index contributed by atoms with van der Waals surface area (Å²) in [5.74, 6) is 0. The maximum atomic E-state index is 9.09. The summed E-state index contributed by atoms with van der Waals surface area (Å²) in [5.41, 5.74) is 1.24. The Morgan fingerprint density at radius 1 is 1.42 bits per heavy atom. The molecule has 2 unspecified atom stereocenters. The van der Waals surface area contributed by atoms with Gasteiger partial charge in [0.25, 0.3) is 0 Å². The number of piperidine rings is 1. The van der Waals surface area contributed by atoms with Gasteiger partial charge in [0.15, 0.2) is 0 Å². The molecule has 0 N–H and O–H groups in total. The minimum Gasteiger partial charge on any atom is -0.377 e. The minimum absolute atomic E-state index is 0.203. The Labute approximate surface area is 115 Å². The number of likely N-dealkylation sites (tertiary alicyclic amines) is 1. The minimum atomic E-state index is 0.203. The molecule has 2 rings (SSSR count). The normalized spacial score (nSPS) is 21.8. The van der Waals surface area contributed by atoms with E-state index in [-0.39, 0.29) is 6.04 Å². The molecule has 2 atom stereocenters. The smallest absolute Gasteiger partial charge is 0.0702 e. The first-order valence-corrected chi connectivity index (χ1v) is 7.12. The number of hydrogen-bond acceptors (Lipinski definition) is 3. The van der Waals surface area contributed by atoms with Crippen molar-refractivity contribution in [2.75, 3.05) is 19.7 Å². The molecule has 1 aliphatic rings. The van der Waals surface area contributed by atoms with Gasteiger partial charge in [-0.1, -0.05) is 30.3 Å². The number of nitrogens with zero attached hydrogens (tertiary/aromatic N) is 2. The summed E-state index contributed by atoms with van der Waals surface area (Å²) in [6.45, 7) is 4.82. The SMILES string of the molecule is CCOC1CCCN(C(CC#N)c2ccccc2)C1. The first-order chi connectivity index (χ1) is 9.35. The fourth-order valence-corrected chi connectivity index (χ4v) is 2.84. The lowest BCUT2D eigenvalue weighted by atomic mass is 9.98. The number of benzene rings is 1. The van der Waals surface area contributed by atoms with Gasteiger partial charge in [-0.15, -0.1) is 0 Å². The van der Waals surface area contributed by atoms with Crippen LogP contribution in [0, 0.1) is 11.3 Å². The molecular weight excluding hydrogens is 236 g/mol. The van der Waals surface area contributed by atoms with Crippen molar-refractivity contribution in [3.8, 4) is 6.07 Å². The highest BCUT2D eigenvalue weighted by molar-refractivity contribution is 5.20. The second kappa shape index (κ2) is 7.28. The summed E-state index contributed by atoms with van der Waals surface area (Å²) in [4.78, 5) is 2.41. The van der Waals surface area contributed by atoms with Gasteiger partial charge in [0.2, 0.25) is 0 Å². The highest BCUT2D eigenvalue weighted by atomic mass is 16.5. The molecule has 1 aromatic rings. The first kappa shape index (κ1) is 14.0. The molecule has 1 heterocycles. The highest BCUT2D eigenvalue weighted by Crippen LogP contribution is 2.27. The van der Waals surface area contributed by atoms with E-state index >= 15 is 0 Å². The Bertz CT molecular complexity index is 411. The third kappa shape index (κ3) is 3.79. The predicted molar refractivity (Wildman–Crippen MR) is 75.6 cm³/mol. The van der Waals surface area contributed by atoms with Gasteiger partial charge in [0, 0.05) is 19.2 Å². The molecule has 0 radical (unpaired) electrons. The van der Waals surface area contributed by atoms with E-state index in [2.05, 4.69) is 23.1 Å². The van der Waals surface area contributed by atoms with E-state index in [1.54, 1.807) is 0 Å². The molecule has 1 aromatic carbocycles. The van der Waals surface area contributed by atoms with E-state index in [0.29, 0.717) is 12.5 Å². The van der Waals surface area contributed by atoms with Gasteiger partial charge in [-0.3, -0.25) is 4.90 Å². The predicted octanol–water partition coefficient (Wildman–Crippen LogP) is 3.14. The van der Waals surface area contributed by atoms with Crippen molar-refractivity contribution < 1.29 is 4.74 Å². The van der Waals surface area contributed by atoms with Crippen LogP contribution in [-0.2, 0) is 4.74 Å². The Morgan fingerprint density at radius 2 is 2.21 bits per heavy atom. The largest absolute Gasteiger partial charge is 0.377 e. The molecule has 102 valence electrons. The Hall–Kier alpha value is -1.37. The van der Waals surface area contributed by atoms with E-state index < -0.39 is 0 Å². The lowest BCUT2D eigenvalue weighted by Gasteiger charge is -2.37. The zero-order valence-corrected chi connectivity index (χ0v) is 11.6. The second-order valence-corrected chi connectivity index (χ2v) is 5.00. The molecule has 1 aliphatic heterocycles. The van der Waals surface area contributed by atoms with Crippen LogP contribution in [0.1, 0.15) is 37.8 Å². The van der Waals surface area contributed by atoms with E-state index in [4.69, 9.17) is 10.00 Å². The van der Waals surface area contributed by atoms with Gasteiger partial charge in [-0.25, -0.2) is 0 Å². The van der Waals surface area contributed by atoms with Crippen LogP contribution >= 0.6 is 0 Å². The van der Waals surface area contributed by atoms with E-state index in [9.17, 15) is 0 Å². The maximum absolute atomic E-state index is 9.09. The zero-order chi connectivity index (χ0) is 13.5. The average molecular weight is 258 g/mol. The van der Waals surface area contributed by atoms with Gasteiger partial charge in [-0.2, -0.15) is 5.26 Å². The Morgan fingerprint density at radius 3 is 2.89 bits per heavy atom. The maximum Gasteiger partial charge on any atom is 0.0702 e. The van der Waals surface area contributed by atoms with Crippen LogP contribution < -0.4 is 0 Å². The molecular formula is C16H22N2O. The molecule has 0 amide bonds. The van der Waals surface area contributed by atoms with Crippen LogP contribution in [0.4, 0.5) is 0 Å². The monoisotopic (exact) mass is 258 g/mol. The molecule has 0 bridgehead atoms. The van der Waals surface area contributed by atoms with Gasteiger partial charge in [-0.05, 0) is 31.9 Å². The molecule has 3 heteroatoms. The molecule has 1 saturated heterocycles. The summed E-state index contributed by atoms with van der Waals surface area (Å²) in [6.07, 6.45) is 3.16. The van der Waals surface area contributed by atoms with E-state index in [1.807, 2.05) is 25.1 Å². The van der Waals surface area contributed by atoms with Crippen molar-refractivity contribution in [2.45, 2.75) is 38.3 Å². The lowest BCUT2D eigenvalue weighted by molar-refractivity contribution is -0.00721. The summed E-state index contributed by atoms with van der Waals surface area (Å²) in [5, 5.41) is 9.09. The standard InChI is InChI=1S/C16H22N2O/c1-2-19-15-9-6-12-18(13-15)16(10-11-17)14-7-4-3-5-8-14/h3-5,7-8,15-16H,2,6,9-10,12-13H2,1H3. The van der Waals surface area contributed by atoms with Crippen LogP contribution in [0.15, 0.2) is 30.3 Å².